The SMILES string of the molecule is CC1=CNC(=O)C2[C@H](F)C(F)CC[C@H]12. The Morgan fingerprint density at radius 1 is 1.43 bits per heavy atom. The number of hydrogen-bond donors (Lipinski definition) is 1. The summed E-state index contributed by atoms with van der Waals surface area (Å²) in [5.41, 5.74) is 0.948. The lowest BCUT2D eigenvalue weighted by molar-refractivity contribution is -0.131. The van der Waals surface area contributed by atoms with E-state index < -0.39 is 18.3 Å². The molecule has 2 nitrogen and oxygen atoms in total. The van der Waals surface area contributed by atoms with Crippen molar-refractivity contribution >= 4 is 5.91 Å². The van der Waals surface area contributed by atoms with Gasteiger partial charge in [-0.2, -0.15) is 0 Å². The van der Waals surface area contributed by atoms with Crippen molar-refractivity contribution in [1.82, 2.24) is 5.32 Å². The average Bonchev–Trinajstić information content (AvgIpc) is 2.16. The van der Waals surface area contributed by atoms with Gasteiger partial charge in [-0.15, -0.1) is 0 Å². The lowest BCUT2D eigenvalue weighted by atomic mass is 9.72. The van der Waals surface area contributed by atoms with Crippen molar-refractivity contribution in [3.05, 3.63) is 11.8 Å². The number of halogens is 2. The molecule has 2 rings (SSSR count). The van der Waals surface area contributed by atoms with E-state index in [1.165, 1.54) is 0 Å². The first-order chi connectivity index (χ1) is 6.61. The number of allylic oxidation sites excluding steroid dienone is 1. The summed E-state index contributed by atoms with van der Waals surface area (Å²) in [6, 6.07) is 0. The fourth-order valence-corrected chi connectivity index (χ4v) is 2.35. The van der Waals surface area contributed by atoms with Crippen LogP contribution in [0.1, 0.15) is 19.8 Å². The molecule has 78 valence electrons. The molecule has 1 aliphatic carbocycles. The zero-order chi connectivity index (χ0) is 10.3. The number of fused-ring (bicyclic) bond motifs is 1. The zero-order valence-corrected chi connectivity index (χ0v) is 7.97. The molecule has 1 heterocycles. The van der Waals surface area contributed by atoms with Crippen molar-refractivity contribution < 1.29 is 13.6 Å². The maximum atomic E-state index is 13.5. The van der Waals surface area contributed by atoms with Gasteiger partial charge in [-0.25, -0.2) is 8.78 Å². The Kier molecular flexibility index (Phi) is 2.29. The van der Waals surface area contributed by atoms with E-state index in [1.807, 2.05) is 6.92 Å². The third-order valence-corrected chi connectivity index (χ3v) is 3.21. The van der Waals surface area contributed by atoms with Gasteiger partial charge in [-0.05, 0) is 25.7 Å². The molecule has 14 heavy (non-hydrogen) atoms. The van der Waals surface area contributed by atoms with Gasteiger partial charge in [0.2, 0.25) is 5.91 Å². The monoisotopic (exact) mass is 201 g/mol. The van der Waals surface area contributed by atoms with Crippen LogP contribution in [0.3, 0.4) is 0 Å². The first-order valence-corrected chi connectivity index (χ1v) is 4.86. The first kappa shape index (κ1) is 9.62. The summed E-state index contributed by atoms with van der Waals surface area (Å²) in [4.78, 5) is 11.4. The van der Waals surface area contributed by atoms with Crippen molar-refractivity contribution in [2.24, 2.45) is 11.8 Å². The number of nitrogens with one attached hydrogen (secondary N) is 1. The largest absolute Gasteiger partial charge is 0.332 e. The molecule has 1 N–H and O–H groups in total. The molecule has 0 radical (unpaired) electrons. The summed E-state index contributed by atoms with van der Waals surface area (Å²) in [5, 5.41) is 2.47. The van der Waals surface area contributed by atoms with Crippen LogP contribution in [-0.2, 0) is 4.79 Å². The van der Waals surface area contributed by atoms with Crippen LogP contribution >= 0.6 is 0 Å². The quantitative estimate of drug-likeness (QED) is 0.635. The highest BCUT2D eigenvalue weighted by Crippen LogP contribution is 2.39. The van der Waals surface area contributed by atoms with Crippen LogP contribution in [0.5, 0.6) is 0 Å². The fourth-order valence-electron chi connectivity index (χ4n) is 2.35. The standard InChI is InChI=1S/C10H13F2NO/c1-5-4-13-10(14)8-6(5)2-3-7(11)9(8)12/h4,6-9H,2-3H2,1H3,(H,13,14)/t6-,7?,8?,9-/m1/s1. The van der Waals surface area contributed by atoms with Crippen LogP contribution in [0.15, 0.2) is 11.8 Å². The normalized spacial score (nSPS) is 42.5. The van der Waals surface area contributed by atoms with Crippen molar-refractivity contribution in [1.29, 1.82) is 0 Å². The number of amides is 1. The Morgan fingerprint density at radius 3 is 2.86 bits per heavy atom. The van der Waals surface area contributed by atoms with E-state index >= 15 is 0 Å². The molecular weight excluding hydrogens is 188 g/mol. The predicted molar refractivity (Wildman–Crippen MR) is 47.9 cm³/mol. The van der Waals surface area contributed by atoms with E-state index in [2.05, 4.69) is 5.32 Å². The number of alkyl halides is 2. The van der Waals surface area contributed by atoms with Crippen LogP contribution in [-0.4, -0.2) is 18.3 Å². The third-order valence-electron chi connectivity index (χ3n) is 3.21. The summed E-state index contributed by atoms with van der Waals surface area (Å²) >= 11 is 0. The van der Waals surface area contributed by atoms with E-state index in [9.17, 15) is 13.6 Å². The van der Waals surface area contributed by atoms with Crippen molar-refractivity contribution in [3.63, 3.8) is 0 Å². The van der Waals surface area contributed by atoms with Gasteiger partial charge < -0.3 is 5.32 Å². The summed E-state index contributed by atoms with van der Waals surface area (Å²) < 4.78 is 26.5. The van der Waals surface area contributed by atoms with Crippen LogP contribution in [0, 0.1) is 11.8 Å². The molecule has 1 amide bonds. The minimum Gasteiger partial charge on any atom is -0.332 e. The summed E-state index contributed by atoms with van der Waals surface area (Å²) in [6.07, 6.45) is -0.720. The molecule has 2 aliphatic rings. The molecule has 0 saturated heterocycles. The van der Waals surface area contributed by atoms with E-state index in [4.69, 9.17) is 0 Å². The second-order valence-corrected chi connectivity index (χ2v) is 4.07. The maximum absolute atomic E-state index is 13.5. The summed E-state index contributed by atoms with van der Waals surface area (Å²) in [5.74, 6) is -1.30. The molecule has 0 bridgehead atoms. The van der Waals surface area contributed by atoms with Crippen molar-refractivity contribution in [2.45, 2.75) is 32.1 Å². The Balaban J connectivity index is 2.28. The van der Waals surface area contributed by atoms with Gasteiger partial charge in [0, 0.05) is 6.20 Å². The minimum atomic E-state index is -1.64. The minimum absolute atomic E-state index is 0.106. The third kappa shape index (κ3) is 1.33. The molecule has 0 aromatic heterocycles. The van der Waals surface area contributed by atoms with Crippen molar-refractivity contribution in [3.8, 4) is 0 Å². The Morgan fingerprint density at radius 2 is 2.14 bits per heavy atom. The topological polar surface area (TPSA) is 29.1 Å². The highest BCUT2D eigenvalue weighted by atomic mass is 19.2. The van der Waals surface area contributed by atoms with Crippen LogP contribution in [0.25, 0.3) is 0 Å². The average molecular weight is 201 g/mol. The van der Waals surface area contributed by atoms with Gasteiger partial charge in [0.1, 0.15) is 12.3 Å². The Hall–Kier alpha value is -0.930. The molecule has 4 heteroatoms. The number of hydrogen-bond acceptors (Lipinski definition) is 1. The molecule has 0 aromatic rings. The molecule has 1 fully saturated rings. The molecule has 4 atom stereocenters. The Bertz CT molecular complexity index is 290. The lowest BCUT2D eigenvalue weighted by Gasteiger charge is -2.37. The van der Waals surface area contributed by atoms with Gasteiger partial charge in [-0.3, -0.25) is 4.79 Å². The molecule has 1 aliphatic heterocycles. The second-order valence-electron chi connectivity index (χ2n) is 4.07. The van der Waals surface area contributed by atoms with Gasteiger partial charge >= 0.3 is 0 Å². The second kappa shape index (κ2) is 3.33. The molecular formula is C10H13F2NO. The van der Waals surface area contributed by atoms with E-state index in [-0.39, 0.29) is 18.2 Å². The Labute approximate surface area is 81.4 Å². The summed E-state index contributed by atoms with van der Waals surface area (Å²) in [6.45, 7) is 1.85. The fraction of sp³-hybridized carbons (Fsp3) is 0.700. The van der Waals surface area contributed by atoms with E-state index in [0.717, 1.165) is 5.57 Å². The zero-order valence-electron chi connectivity index (χ0n) is 7.97. The molecule has 0 aromatic carbocycles. The molecule has 1 saturated carbocycles. The van der Waals surface area contributed by atoms with Gasteiger partial charge in [-0.1, -0.05) is 5.57 Å². The van der Waals surface area contributed by atoms with Crippen LogP contribution in [0.4, 0.5) is 8.78 Å². The van der Waals surface area contributed by atoms with Crippen molar-refractivity contribution in [2.75, 3.05) is 0 Å². The van der Waals surface area contributed by atoms with Gasteiger partial charge in [0.25, 0.3) is 0 Å². The van der Waals surface area contributed by atoms with E-state index in [0.29, 0.717) is 6.42 Å². The predicted octanol–water partition coefficient (Wildman–Crippen LogP) is 1.72. The highest BCUT2D eigenvalue weighted by molar-refractivity contribution is 5.82. The summed E-state index contributed by atoms with van der Waals surface area (Å²) in [7, 11) is 0. The van der Waals surface area contributed by atoms with Gasteiger partial charge in [0.05, 0.1) is 5.92 Å². The van der Waals surface area contributed by atoms with Crippen LogP contribution in [0.2, 0.25) is 0 Å². The number of rotatable bonds is 0. The molecule has 2 unspecified atom stereocenters. The first-order valence-electron chi connectivity index (χ1n) is 4.86. The van der Waals surface area contributed by atoms with Gasteiger partial charge in [0.15, 0.2) is 0 Å². The maximum Gasteiger partial charge on any atom is 0.230 e. The number of carbonyl (C=O) groups is 1. The van der Waals surface area contributed by atoms with Crippen LogP contribution < -0.4 is 5.32 Å². The smallest absolute Gasteiger partial charge is 0.230 e. The highest BCUT2D eigenvalue weighted by Gasteiger charge is 2.46. The number of carbonyl (C=O) groups excluding carboxylic acids is 1. The van der Waals surface area contributed by atoms with E-state index in [1.54, 1.807) is 6.20 Å². The molecule has 0 spiro atoms. The lowest BCUT2D eigenvalue weighted by Crippen LogP contribution is -2.48.